The minimum Gasteiger partial charge on any atom is -0.385 e. The molecule has 0 bridgehead atoms. The van der Waals surface area contributed by atoms with Crippen LogP contribution in [0.2, 0.25) is 0 Å². The van der Waals surface area contributed by atoms with Gasteiger partial charge in [-0.15, -0.1) is 0 Å². The van der Waals surface area contributed by atoms with Crippen molar-refractivity contribution in [2.75, 3.05) is 45.8 Å². The van der Waals surface area contributed by atoms with Crippen LogP contribution < -0.4 is 5.32 Å². The summed E-state index contributed by atoms with van der Waals surface area (Å²) < 4.78 is 15.9. The molecule has 2 aliphatic rings. The molecule has 5 nitrogen and oxygen atoms in total. The minimum absolute atomic E-state index is 0.122. The Morgan fingerprint density at radius 1 is 1.53 bits per heavy atom. The van der Waals surface area contributed by atoms with Gasteiger partial charge in [0.15, 0.2) is 5.17 Å². The smallest absolute Gasteiger partial charge is 0.156 e. The average Bonchev–Trinajstić information content (AvgIpc) is 2.83. The molecule has 2 fully saturated rings. The van der Waals surface area contributed by atoms with Crippen LogP contribution in [0.15, 0.2) is 4.99 Å². The number of hydrogen-bond donors (Lipinski definition) is 1. The molecule has 1 N–H and O–H groups in total. The van der Waals surface area contributed by atoms with Gasteiger partial charge in [0.1, 0.15) is 6.10 Å². The van der Waals surface area contributed by atoms with Crippen LogP contribution in [0.3, 0.4) is 0 Å². The van der Waals surface area contributed by atoms with E-state index < -0.39 is 0 Å². The maximum Gasteiger partial charge on any atom is 0.156 e. The molecule has 0 amide bonds. The van der Waals surface area contributed by atoms with Crippen LogP contribution in [-0.4, -0.2) is 63.1 Å². The summed E-state index contributed by atoms with van der Waals surface area (Å²) in [5, 5.41) is 4.43. The SMILES string of the molecule is COCCC1CSC(=NCC2COCCO2)N1. The molecular weight excluding hydrogens is 240 g/mol. The summed E-state index contributed by atoms with van der Waals surface area (Å²) in [5.74, 6) is 1.07. The topological polar surface area (TPSA) is 52.1 Å². The predicted octanol–water partition coefficient (Wildman–Crippen LogP) is 0.499. The Balaban J connectivity index is 1.68. The number of rotatable bonds is 5. The summed E-state index contributed by atoms with van der Waals surface area (Å²) in [7, 11) is 1.73. The summed E-state index contributed by atoms with van der Waals surface area (Å²) >= 11 is 1.78. The number of methoxy groups -OCH3 is 1. The third-order valence-corrected chi connectivity index (χ3v) is 3.83. The maximum atomic E-state index is 5.54. The summed E-state index contributed by atoms with van der Waals surface area (Å²) in [6, 6.07) is 0.488. The van der Waals surface area contributed by atoms with Crippen molar-refractivity contribution in [2.24, 2.45) is 4.99 Å². The van der Waals surface area contributed by atoms with E-state index in [9.17, 15) is 0 Å². The van der Waals surface area contributed by atoms with Crippen molar-refractivity contribution in [3.63, 3.8) is 0 Å². The van der Waals surface area contributed by atoms with Gasteiger partial charge in [0.25, 0.3) is 0 Å². The fraction of sp³-hybridized carbons (Fsp3) is 0.909. The van der Waals surface area contributed by atoms with Crippen molar-refractivity contribution >= 4 is 16.9 Å². The van der Waals surface area contributed by atoms with Gasteiger partial charge in [-0.3, -0.25) is 4.99 Å². The van der Waals surface area contributed by atoms with Crippen molar-refractivity contribution in [3.8, 4) is 0 Å². The lowest BCUT2D eigenvalue weighted by Crippen LogP contribution is -2.32. The zero-order chi connectivity index (χ0) is 11.9. The number of aliphatic imine (C=N–C) groups is 1. The van der Waals surface area contributed by atoms with E-state index in [1.54, 1.807) is 18.9 Å². The summed E-state index contributed by atoms with van der Waals surface area (Å²) in [5.41, 5.74) is 0. The van der Waals surface area contributed by atoms with E-state index in [0.29, 0.717) is 32.4 Å². The largest absolute Gasteiger partial charge is 0.385 e. The number of nitrogens with zero attached hydrogens (tertiary/aromatic N) is 1. The van der Waals surface area contributed by atoms with Gasteiger partial charge in [-0.05, 0) is 6.42 Å². The highest BCUT2D eigenvalue weighted by Crippen LogP contribution is 2.16. The van der Waals surface area contributed by atoms with Gasteiger partial charge in [0.2, 0.25) is 0 Å². The molecule has 2 heterocycles. The standard InChI is InChI=1S/C11H20N2O3S/c1-14-3-2-9-8-17-11(13-9)12-6-10-7-15-4-5-16-10/h9-10H,2-8H2,1H3,(H,12,13). The first kappa shape index (κ1) is 13.1. The molecule has 0 aromatic heterocycles. The molecular formula is C11H20N2O3S. The van der Waals surface area contributed by atoms with Crippen LogP contribution in [-0.2, 0) is 14.2 Å². The maximum absolute atomic E-state index is 5.54. The van der Waals surface area contributed by atoms with Crippen LogP contribution in [0.1, 0.15) is 6.42 Å². The second-order valence-corrected chi connectivity index (χ2v) is 5.16. The van der Waals surface area contributed by atoms with Crippen LogP contribution in [0.5, 0.6) is 0 Å². The van der Waals surface area contributed by atoms with Crippen LogP contribution in [0.4, 0.5) is 0 Å². The third-order valence-electron chi connectivity index (χ3n) is 2.74. The molecule has 2 rings (SSSR count). The zero-order valence-electron chi connectivity index (χ0n) is 10.2. The fourth-order valence-electron chi connectivity index (χ4n) is 1.77. The number of thioether (sulfide) groups is 1. The van der Waals surface area contributed by atoms with Crippen molar-refractivity contribution in [1.82, 2.24) is 5.32 Å². The quantitative estimate of drug-likeness (QED) is 0.780. The molecule has 2 unspecified atom stereocenters. The first-order valence-corrected chi connectivity index (χ1v) is 6.99. The lowest BCUT2D eigenvalue weighted by molar-refractivity contribution is -0.0832. The van der Waals surface area contributed by atoms with Crippen LogP contribution in [0.25, 0.3) is 0 Å². The van der Waals surface area contributed by atoms with E-state index in [2.05, 4.69) is 10.3 Å². The molecule has 2 aliphatic heterocycles. The molecule has 0 aliphatic carbocycles. The third kappa shape index (κ3) is 4.46. The van der Waals surface area contributed by atoms with E-state index in [0.717, 1.165) is 23.9 Å². The van der Waals surface area contributed by atoms with Gasteiger partial charge in [-0.25, -0.2) is 0 Å². The highest BCUT2D eigenvalue weighted by atomic mass is 32.2. The normalized spacial score (nSPS) is 31.7. The number of nitrogens with one attached hydrogen (secondary N) is 1. The second kappa shape index (κ2) is 7.20. The van der Waals surface area contributed by atoms with Gasteiger partial charge < -0.3 is 19.5 Å². The summed E-state index contributed by atoms with van der Waals surface area (Å²) in [4.78, 5) is 4.53. The minimum atomic E-state index is 0.122. The molecule has 0 saturated carbocycles. The Labute approximate surface area is 106 Å². The van der Waals surface area contributed by atoms with Gasteiger partial charge in [-0.2, -0.15) is 0 Å². The van der Waals surface area contributed by atoms with E-state index >= 15 is 0 Å². The molecule has 0 spiro atoms. The molecule has 0 aromatic carbocycles. The number of ether oxygens (including phenoxy) is 3. The van der Waals surface area contributed by atoms with Crippen molar-refractivity contribution in [2.45, 2.75) is 18.6 Å². The summed E-state index contributed by atoms with van der Waals surface area (Å²) in [6.45, 7) is 3.54. The van der Waals surface area contributed by atoms with Crippen molar-refractivity contribution in [3.05, 3.63) is 0 Å². The second-order valence-electron chi connectivity index (χ2n) is 4.15. The Bertz CT molecular complexity index is 257. The monoisotopic (exact) mass is 260 g/mol. The van der Waals surface area contributed by atoms with Crippen LogP contribution >= 0.6 is 11.8 Å². The van der Waals surface area contributed by atoms with E-state index in [-0.39, 0.29) is 6.10 Å². The van der Waals surface area contributed by atoms with Crippen LogP contribution in [0, 0.1) is 0 Å². The van der Waals surface area contributed by atoms with E-state index in [1.807, 2.05) is 0 Å². The molecule has 98 valence electrons. The predicted molar refractivity (Wildman–Crippen MR) is 68.7 cm³/mol. The number of amidine groups is 1. The van der Waals surface area contributed by atoms with Gasteiger partial charge >= 0.3 is 0 Å². The average molecular weight is 260 g/mol. The summed E-state index contributed by atoms with van der Waals surface area (Å²) in [6.07, 6.45) is 1.16. The lowest BCUT2D eigenvalue weighted by Gasteiger charge is -2.21. The Morgan fingerprint density at radius 2 is 2.47 bits per heavy atom. The van der Waals surface area contributed by atoms with Crippen molar-refractivity contribution in [1.29, 1.82) is 0 Å². The van der Waals surface area contributed by atoms with E-state index in [4.69, 9.17) is 14.2 Å². The molecule has 2 saturated heterocycles. The Kier molecular flexibility index (Phi) is 5.57. The first-order chi connectivity index (χ1) is 8.38. The van der Waals surface area contributed by atoms with Crippen molar-refractivity contribution < 1.29 is 14.2 Å². The van der Waals surface area contributed by atoms with Gasteiger partial charge in [0, 0.05) is 25.5 Å². The van der Waals surface area contributed by atoms with E-state index in [1.165, 1.54) is 0 Å². The highest BCUT2D eigenvalue weighted by molar-refractivity contribution is 8.14. The number of hydrogen-bond acceptors (Lipinski definition) is 5. The molecule has 0 aromatic rings. The zero-order valence-corrected chi connectivity index (χ0v) is 11.0. The highest BCUT2D eigenvalue weighted by Gasteiger charge is 2.20. The molecule has 0 radical (unpaired) electrons. The van der Waals surface area contributed by atoms with Gasteiger partial charge in [-0.1, -0.05) is 11.8 Å². The molecule has 17 heavy (non-hydrogen) atoms. The van der Waals surface area contributed by atoms with Gasteiger partial charge in [0.05, 0.1) is 26.4 Å². The molecule has 6 heteroatoms. The Hall–Kier alpha value is -0.300. The Morgan fingerprint density at radius 3 is 3.24 bits per heavy atom. The fourth-order valence-corrected chi connectivity index (χ4v) is 2.80. The first-order valence-electron chi connectivity index (χ1n) is 6.00. The lowest BCUT2D eigenvalue weighted by atomic mass is 10.2. The molecule has 2 atom stereocenters.